The molecule has 6 aromatic rings. The van der Waals surface area contributed by atoms with Gasteiger partial charge in [-0.05, 0) is 77.4 Å². The first-order valence-corrected chi connectivity index (χ1v) is 16.7. The van der Waals surface area contributed by atoms with E-state index >= 15 is 0 Å². The Morgan fingerprint density at radius 2 is 1.15 bits per heavy atom. The van der Waals surface area contributed by atoms with Gasteiger partial charge < -0.3 is 4.74 Å². The van der Waals surface area contributed by atoms with Crippen LogP contribution >= 0.6 is 40.3 Å². The van der Waals surface area contributed by atoms with Crippen LogP contribution in [0.3, 0.4) is 0 Å². The molecule has 0 radical (unpaired) electrons. The van der Waals surface area contributed by atoms with Crippen LogP contribution in [0.1, 0.15) is 16.7 Å². The first-order chi connectivity index (χ1) is 22.2. The lowest BCUT2D eigenvalue weighted by molar-refractivity contribution is -0.383. The van der Waals surface area contributed by atoms with Crippen LogP contribution in [0.5, 0.6) is 5.75 Å². The van der Waals surface area contributed by atoms with Crippen molar-refractivity contribution in [1.29, 1.82) is 0 Å². The summed E-state index contributed by atoms with van der Waals surface area (Å²) in [5, 5.41) is 25.9. The average Bonchev–Trinajstić information content (AvgIpc) is 3.08. The summed E-state index contributed by atoms with van der Waals surface area (Å²) in [6.45, 7) is 2.06. The third-order valence-electron chi connectivity index (χ3n) is 7.01. The van der Waals surface area contributed by atoms with Crippen LogP contribution < -0.4 is 4.74 Å². The number of benzene rings is 6. The molecule has 0 saturated heterocycles. The summed E-state index contributed by atoms with van der Waals surface area (Å²) in [5.74, 6) is 1.58. The second kappa shape index (κ2) is 16.8. The van der Waals surface area contributed by atoms with Gasteiger partial charge in [0.05, 0.1) is 27.7 Å². The molecule has 0 unspecified atom stereocenters. The smallest absolute Gasteiger partial charge is 0.277 e. The number of nitro benzene ring substituents is 2. The molecule has 0 saturated carbocycles. The maximum absolute atomic E-state index is 11.2. The minimum atomic E-state index is -0.347. The van der Waals surface area contributed by atoms with Gasteiger partial charge in [0.2, 0.25) is 0 Å². The van der Waals surface area contributed by atoms with Gasteiger partial charge in [-0.2, -0.15) is 0 Å². The number of rotatable bonds is 7. The molecule has 6 rings (SSSR count). The quantitative estimate of drug-likeness (QED) is 0.0581. The SMILES string of the molecule is COc1ccc(SCc2ccc([N+](=O)[O-])c3ccccc23)cc1.Cc1ccc(S)cc1.O=[N+]([O-])c1ccc(CBr)c2ccccc12. The van der Waals surface area contributed by atoms with Crippen molar-refractivity contribution in [3.05, 3.63) is 158 Å². The van der Waals surface area contributed by atoms with Crippen LogP contribution in [0.4, 0.5) is 11.4 Å². The highest BCUT2D eigenvalue weighted by molar-refractivity contribution is 9.08. The number of aryl methyl sites for hydroxylation is 1. The third-order valence-corrected chi connectivity index (χ3v) is 8.97. The maximum Gasteiger partial charge on any atom is 0.277 e. The molecule has 0 aliphatic heterocycles. The Labute approximate surface area is 285 Å². The number of hydrogen-bond acceptors (Lipinski definition) is 7. The summed E-state index contributed by atoms with van der Waals surface area (Å²) in [4.78, 5) is 23.4. The molecule has 7 nitrogen and oxygen atoms in total. The number of nitro groups is 2. The Kier molecular flexibility index (Phi) is 12.6. The Balaban J connectivity index is 0.000000178. The topological polar surface area (TPSA) is 95.5 Å². The van der Waals surface area contributed by atoms with Crippen molar-refractivity contribution in [3.63, 3.8) is 0 Å². The molecule has 0 spiro atoms. The molecule has 6 aromatic carbocycles. The molecule has 10 heteroatoms. The average molecular weight is 716 g/mol. The Hall–Kier alpha value is -4.38. The van der Waals surface area contributed by atoms with Gasteiger partial charge in [-0.3, -0.25) is 20.2 Å². The first-order valence-electron chi connectivity index (χ1n) is 14.1. The van der Waals surface area contributed by atoms with Crippen molar-refractivity contribution < 1.29 is 14.6 Å². The molecular formula is C36H31BrN2O5S2. The van der Waals surface area contributed by atoms with Crippen LogP contribution in [-0.2, 0) is 11.1 Å². The Morgan fingerprint density at radius 3 is 1.61 bits per heavy atom. The molecular weight excluding hydrogens is 684 g/mol. The molecule has 0 fully saturated rings. The molecule has 0 aliphatic rings. The summed E-state index contributed by atoms with van der Waals surface area (Å²) < 4.78 is 5.15. The summed E-state index contributed by atoms with van der Waals surface area (Å²) in [6, 6.07) is 37.6. The fraction of sp³-hybridized carbons (Fsp3) is 0.111. The van der Waals surface area contributed by atoms with E-state index in [0.29, 0.717) is 16.1 Å². The zero-order chi connectivity index (χ0) is 33.1. The number of nitrogens with zero attached hydrogens (tertiary/aromatic N) is 2. The van der Waals surface area contributed by atoms with E-state index < -0.39 is 0 Å². The zero-order valence-corrected chi connectivity index (χ0v) is 28.4. The predicted octanol–water partition coefficient (Wildman–Crippen LogP) is 11.0. The molecule has 0 bridgehead atoms. The number of non-ortho nitro benzene ring substituents is 2. The number of thiol groups is 1. The second-order valence-corrected chi connectivity index (χ2v) is 12.2. The largest absolute Gasteiger partial charge is 0.497 e. The van der Waals surface area contributed by atoms with E-state index in [2.05, 4.69) is 35.5 Å². The number of hydrogen-bond donors (Lipinski definition) is 1. The van der Waals surface area contributed by atoms with Gasteiger partial charge in [-0.25, -0.2) is 0 Å². The van der Waals surface area contributed by atoms with E-state index in [9.17, 15) is 20.2 Å². The van der Waals surface area contributed by atoms with Gasteiger partial charge in [0, 0.05) is 33.0 Å². The Morgan fingerprint density at radius 1 is 0.674 bits per heavy atom. The van der Waals surface area contributed by atoms with E-state index in [1.165, 1.54) is 5.56 Å². The maximum atomic E-state index is 11.2. The highest BCUT2D eigenvalue weighted by atomic mass is 79.9. The lowest BCUT2D eigenvalue weighted by atomic mass is 10.0. The second-order valence-electron chi connectivity index (χ2n) is 10.0. The number of thioether (sulfide) groups is 1. The Bertz CT molecular complexity index is 1930. The summed E-state index contributed by atoms with van der Waals surface area (Å²) >= 11 is 9.20. The zero-order valence-electron chi connectivity index (χ0n) is 25.1. The van der Waals surface area contributed by atoms with E-state index in [1.807, 2.05) is 91.0 Å². The summed E-state index contributed by atoms with van der Waals surface area (Å²) in [5.41, 5.74) is 3.75. The highest BCUT2D eigenvalue weighted by Gasteiger charge is 2.14. The molecule has 0 N–H and O–H groups in total. The predicted molar refractivity (Wildman–Crippen MR) is 195 cm³/mol. The number of methoxy groups -OCH3 is 1. The van der Waals surface area contributed by atoms with Gasteiger partial charge in [0.15, 0.2) is 0 Å². The monoisotopic (exact) mass is 714 g/mol. The first kappa shape index (κ1) is 34.5. The van der Waals surface area contributed by atoms with E-state index in [0.717, 1.165) is 43.2 Å². The van der Waals surface area contributed by atoms with Crippen molar-refractivity contribution >= 4 is 73.2 Å². The van der Waals surface area contributed by atoms with Crippen LogP contribution in [-0.4, -0.2) is 17.0 Å². The van der Waals surface area contributed by atoms with Gasteiger partial charge in [-0.15, -0.1) is 24.4 Å². The fourth-order valence-electron chi connectivity index (χ4n) is 4.63. The van der Waals surface area contributed by atoms with E-state index in [4.69, 9.17) is 4.74 Å². The number of fused-ring (bicyclic) bond motifs is 2. The van der Waals surface area contributed by atoms with Crippen molar-refractivity contribution in [2.24, 2.45) is 0 Å². The van der Waals surface area contributed by atoms with Gasteiger partial charge in [0.25, 0.3) is 11.4 Å². The van der Waals surface area contributed by atoms with Gasteiger partial charge in [-0.1, -0.05) is 82.2 Å². The summed E-state index contributed by atoms with van der Waals surface area (Å²) in [6.07, 6.45) is 0. The highest BCUT2D eigenvalue weighted by Crippen LogP contribution is 2.33. The lowest BCUT2D eigenvalue weighted by Gasteiger charge is -2.08. The molecule has 0 aliphatic carbocycles. The van der Waals surface area contributed by atoms with Crippen molar-refractivity contribution in [2.45, 2.75) is 27.8 Å². The molecule has 0 aromatic heterocycles. The number of halogens is 1. The minimum absolute atomic E-state index is 0.152. The normalized spacial score (nSPS) is 10.3. The van der Waals surface area contributed by atoms with Gasteiger partial charge >= 0.3 is 0 Å². The van der Waals surface area contributed by atoms with E-state index in [1.54, 1.807) is 49.2 Å². The van der Waals surface area contributed by atoms with Crippen LogP contribution in [0.25, 0.3) is 21.5 Å². The third kappa shape index (κ3) is 9.09. The van der Waals surface area contributed by atoms with Gasteiger partial charge in [0.1, 0.15) is 5.75 Å². The van der Waals surface area contributed by atoms with Crippen molar-refractivity contribution in [2.75, 3.05) is 7.11 Å². The number of alkyl halides is 1. The molecule has 0 atom stereocenters. The number of ether oxygens (including phenoxy) is 1. The molecule has 0 heterocycles. The molecule has 46 heavy (non-hydrogen) atoms. The van der Waals surface area contributed by atoms with Crippen LogP contribution in [0.15, 0.2) is 131 Å². The van der Waals surface area contributed by atoms with Crippen LogP contribution in [0.2, 0.25) is 0 Å². The van der Waals surface area contributed by atoms with Crippen LogP contribution in [0, 0.1) is 27.2 Å². The van der Waals surface area contributed by atoms with E-state index in [-0.39, 0.29) is 21.2 Å². The molecule has 234 valence electrons. The van der Waals surface area contributed by atoms with Crippen molar-refractivity contribution in [3.8, 4) is 5.75 Å². The fourth-order valence-corrected chi connectivity index (χ4v) is 6.17. The lowest BCUT2D eigenvalue weighted by Crippen LogP contribution is -1.92. The standard InChI is InChI=1S/C18H15NO3S.C11H8BrNO2.C7H8S/c1-22-14-7-9-15(10-8-14)23-12-13-6-11-18(19(20)21)17-5-3-2-4-16(13)17;12-7-8-5-6-11(13(14)15)10-4-2-1-3-9(8)10;1-6-2-4-7(8)5-3-6/h2-11H,12H2,1H3;1-6H,7H2;2-5,8H,1H3. The molecule has 0 amide bonds. The minimum Gasteiger partial charge on any atom is -0.497 e. The summed E-state index contributed by atoms with van der Waals surface area (Å²) in [7, 11) is 1.64. The van der Waals surface area contributed by atoms with Crippen molar-refractivity contribution in [1.82, 2.24) is 0 Å².